The summed E-state index contributed by atoms with van der Waals surface area (Å²) >= 11 is 12.0. The molecular weight excluding hydrogens is 544 g/mol. The van der Waals surface area contributed by atoms with Crippen molar-refractivity contribution < 1.29 is 14.3 Å². The summed E-state index contributed by atoms with van der Waals surface area (Å²) in [5.41, 5.74) is 1.73. The number of benzene rings is 3. The molecule has 0 atom stereocenters. The van der Waals surface area contributed by atoms with Crippen LogP contribution in [0.5, 0.6) is 5.75 Å². The van der Waals surface area contributed by atoms with Crippen LogP contribution in [0, 0.1) is 0 Å². The molecule has 0 aromatic heterocycles. The van der Waals surface area contributed by atoms with Crippen LogP contribution < -0.4 is 10.1 Å². The maximum Gasteiger partial charge on any atom is 0.265 e. The van der Waals surface area contributed by atoms with E-state index in [9.17, 15) is 9.59 Å². The number of carbonyl (C=O) groups is 2. The Bertz CT molecular complexity index is 1250. The second-order valence-electron chi connectivity index (χ2n) is 6.97. The zero-order valence-corrected chi connectivity index (χ0v) is 20.3. The van der Waals surface area contributed by atoms with Gasteiger partial charge in [-0.3, -0.25) is 19.8 Å². The monoisotopic (exact) mass is 558 g/mol. The molecule has 0 bridgehead atoms. The summed E-state index contributed by atoms with van der Waals surface area (Å²) in [6.45, 7) is 0.394. The number of likely N-dealkylation sites (N-methyl/N-ethyl adjacent to an activating group) is 1. The molecule has 4 rings (SSSR count). The third-order valence-electron chi connectivity index (χ3n) is 4.83. The predicted molar refractivity (Wildman–Crippen MR) is 132 cm³/mol. The van der Waals surface area contributed by atoms with Gasteiger partial charge in [-0.25, -0.2) is 0 Å². The summed E-state index contributed by atoms with van der Waals surface area (Å²) in [6, 6.07) is 18.0. The Hall–Kier alpha value is -2.55. The van der Waals surface area contributed by atoms with Gasteiger partial charge in [0.05, 0.1) is 8.95 Å². The molecule has 5 nitrogen and oxygen atoms in total. The van der Waals surface area contributed by atoms with Gasteiger partial charge in [0.15, 0.2) is 5.11 Å². The summed E-state index contributed by atoms with van der Waals surface area (Å²) in [6.07, 6.45) is 1.53. The number of halogens is 2. The van der Waals surface area contributed by atoms with E-state index in [1.165, 1.54) is 23.4 Å². The van der Waals surface area contributed by atoms with Crippen molar-refractivity contribution in [2.45, 2.75) is 6.61 Å². The van der Waals surface area contributed by atoms with Crippen LogP contribution in [0.15, 0.2) is 69.1 Å². The molecule has 1 aliphatic heterocycles. The van der Waals surface area contributed by atoms with Crippen LogP contribution in [-0.4, -0.2) is 28.9 Å². The van der Waals surface area contributed by atoms with Gasteiger partial charge >= 0.3 is 0 Å². The van der Waals surface area contributed by atoms with Crippen molar-refractivity contribution in [1.82, 2.24) is 10.2 Å². The fraction of sp³-hybridized carbons (Fsp3) is 0.0870. The summed E-state index contributed by atoms with van der Waals surface area (Å²) in [5.74, 6) is -0.331. The van der Waals surface area contributed by atoms with Crippen LogP contribution in [0.25, 0.3) is 16.8 Å². The van der Waals surface area contributed by atoms with Crippen LogP contribution >= 0.6 is 44.1 Å². The highest BCUT2D eigenvalue weighted by Gasteiger charge is 2.30. The summed E-state index contributed by atoms with van der Waals surface area (Å²) in [7, 11) is 1.52. The van der Waals surface area contributed by atoms with Crippen LogP contribution in [0.4, 0.5) is 0 Å². The van der Waals surface area contributed by atoms with Crippen molar-refractivity contribution in [3.63, 3.8) is 0 Å². The van der Waals surface area contributed by atoms with Gasteiger partial charge in [-0.1, -0.05) is 36.4 Å². The lowest BCUT2D eigenvalue weighted by Gasteiger charge is -2.25. The number of rotatable bonds is 4. The van der Waals surface area contributed by atoms with Crippen molar-refractivity contribution in [1.29, 1.82) is 0 Å². The quantitative estimate of drug-likeness (QED) is 0.271. The SMILES string of the molecule is CN1C(=O)/C(=C/c2cc(Br)c(OCc3ccc4ccccc4c3)c(Br)c2)C(=O)NC1=S. The summed E-state index contributed by atoms with van der Waals surface area (Å²) in [5, 5.41) is 4.93. The second-order valence-corrected chi connectivity index (χ2v) is 9.06. The van der Waals surface area contributed by atoms with Gasteiger partial charge in [0.25, 0.3) is 11.8 Å². The van der Waals surface area contributed by atoms with E-state index < -0.39 is 11.8 Å². The first-order valence-electron chi connectivity index (χ1n) is 9.28. The van der Waals surface area contributed by atoms with E-state index in [1.54, 1.807) is 12.1 Å². The van der Waals surface area contributed by atoms with E-state index in [0.29, 0.717) is 26.9 Å². The van der Waals surface area contributed by atoms with Crippen molar-refractivity contribution in [2.75, 3.05) is 7.05 Å². The lowest BCUT2D eigenvalue weighted by atomic mass is 10.1. The normalized spacial score (nSPS) is 15.5. The minimum atomic E-state index is -0.517. The molecule has 1 fully saturated rings. The topological polar surface area (TPSA) is 58.6 Å². The number of hydrogen-bond acceptors (Lipinski definition) is 4. The minimum Gasteiger partial charge on any atom is -0.487 e. The number of amides is 2. The smallest absolute Gasteiger partial charge is 0.265 e. The zero-order chi connectivity index (χ0) is 22.1. The Balaban J connectivity index is 1.56. The molecule has 0 spiro atoms. The molecular formula is C23H16Br2N2O3S. The molecule has 3 aromatic carbocycles. The van der Waals surface area contributed by atoms with E-state index in [-0.39, 0.29) is 10.7 Å². The Morgan fingerprint density at radius 1 is 1.03 bits per heavy atom. The molecule has 1 saturated heterocycles. The van der Waals surface area contributed by atoms with Crippen LogP contribution in [0.2, 0.25) is 0 Å². The highest BCUT2D eigenvalue weighted by molar-refractivity contribution is 9.11. The van der Waals surface area contributed by atoms with Crippen LogP contribution in [0.3, 0.4) is 0 Å². The van der Waals surface area contributed by atoms with Crippen molar-refractivity contribution in [2.24, 2.45) is 0 Å². The number of ether oxygens (including phenoxy) is 1. The molecule has 1 aliphatic rings. The zero-order valence-electron chi connectivity index (χ0n) is 16.3. The third-order valence-corrected chi connectivity index (χ3v) is 6.39. The first-order valence-corrected chi connectivity index (χ1v) is 11.3. The molecule has 2 amide bonds. The summed E-state index contributed by atoms with van der Waals surface area (Å²) in [4.78, 5) is 25.8. The van der Waals surface area contributed by atoms with Crippen LogP contribution in [0.1, 0.15) is 11.1 Å². The van der Waals surface area contributed by atoms with Gasteiger partial charge in [0.1, 0.15) is 17.9 Å². The molecule has 1 heterocycles. The number of nitrogens with one attached hydrogen (secondary N) is 1. The molecule has 0 saturated carbocycles. The number of carbonyl (C=O) groups excluding carboxylic acids is 2. The van der Waals surface area contributed by atoms with E-state index in [1.807, 2.05) is 18.2 Å². The number of nitrogens with zero attached hydrogens (tertiary/aromatic N) is 1. The minimum absolute atomic E-state index is 0.0136. The first kappa shape index (κ1) is 21.7. The lowest BCUT2D eigenvalue weighted by molar-refractivity contribution is -0.128. The molecule has 0 aliphatic carbocycles. The number of hydrogen-bond donors (Lipinski definition) is 1. The number of fused-ring (bicyclic) bond motifs is 1. The van der Waals surface area contributed by atoms with Gasteiger partial charge < -0.3 is 4.74 Å². The summed E-state index contributed by atoms with van der Waals surface area (Å²) < 4.78 is 7.43. The largest absolute Gasteiger partial charge is 0.487 e. The molecule has 0 radical (unpaired) electrons. The lowest BCUT2D eigenvalue weighted by Crippen LogP contribution is -2.52. The Kier molecular flexibility index (Phi) is 6.22. The molecule has 1 N–H and O–H groups in total. The van der Waals surface area contributed by atoms with Gasteiger partial charge in [-0.2, -0.15) is 0 Å². The third kappa shape index (κ3) is 4.56. The van der Waals surface area contributed by atoms with E-state index in [2.05, 4.69) is 61.4 Å². The van der Waals surface area contributed by atoms with E-state index >= 15 is 0 Å². The van der Waals surface area contributed by atoms with E-state index in [0.717, 1.165) is 10.9 Å². The van der Waals surface area contributed by atoms with Gasteiger partial charge in [0, 0.05) is 7.05 Å². The first-order chi connectivity index (χ1) is 14.8. The van der Waals surface area contributed by atoms with Crippen molar-refractivity contribution in [3.05, 3.63) is 80.2 Å². The van der Waals surface area contributed by atoms with Crippen molar-refractivity contribution in [3.8, 4) is 5.75 Å². The predicted octanol–water partition coefficient (Wildman–Crippen LogP) is 5.20. The maximum absolute atomic E-state index is 12.4. The highest BCUT2D eigenvalue weighted by Crippen LogP contribution is 2.36. The average Bonchev–Trinajstić information content (AvgIpc) is 2.74. The Labute approximate surface area is 201 Å². The second kappa shape index (κ2) is 8.90. The van der Waals surface area contributed by atoms with Gasteiger partial charge in [0.2, 0.25) is 0 Å². The molecule has 31 heavy (non-hydrogen) atoms. The van der Waals surface area contributed by atoms with Gasteiger partial charge in [-0.05, 0) is 90.3 Å². The average molecular weight is 560 g/mol. The highest BCUT2D eigenvalue weighted by atomic mass is 79.9. The van der Waals surface area contributed by atoms with E-state index in [4.69, 9.17) is 17.0 Å². The van der Waals surface area contributed by atoms with Crippen LogP contribution in [-0.2, 0) is 16.2 Å². The molecule has 8 heteroatoms. The standard InChI is InChI=1S/C23H16Br2N2O3S/c1-27-22(29)17(21(28)26-23(27)31)9-14-10-18(24)20(19(25)11-14)30-12-13-6-7-15-4-2-3-5-16(15)8-13/h2-11H,12H2,1H3,(H,26,28,31)/b17-9+. The Morgan fingerprint density at radius 2 is 1.71 bits per heavy atom. The fourth-order valence-electron chi connectivity index (χ4n) is 3.20. The molecule has 0 unspecified atom stereocenters. The fourth-order valence-corrected chi connectivity index (χ4v) is 4.82. The van der Waals surface area contributed by atoms with Crippen molar-refractivity contribution >= 4 is 77.9 Å². The molecule has 3 aromatic rings. The molecule has 156 valence electrons. The van der Waals surface area contributed by atoms with Gasteiger partial charge in [-0.15, -0.1) is 0 Å². The number of thiocarbonyl (C=S) groups is 1. The Morgan fingerprint density at radius 3 is 2.42 bits per heavy atom. The maximum atomic E-state index is 12.4.